The Bertz CT molecular complexity index is 479. The van der Waals surface area contributed by atoms with Crippen molar-refractivity contribution in [2.24, 2.45) is 0 Å². The number of aromatic nitrogens is 4. The van der Waals surface area contributed by atoms with E-state index in [0.717, 1.165) is 0 Å². The molecule has 0 spiro atoms. The second-order valence-electron chi connectivity index (χ2n) is 2.52. The standard InChI is InChI=1S/C7H5BrN4O2/c8-5-1-9-3-12(7(5)13)2-6-10-4-14-11-6/h1,3-4H,2H2. The molecule has 2 heterocycles. The lowest BCUT2D eigenvalue weighted by Crippen LogP contribution is -2.21. The van der Waals surface area contributed by atoms with Crippen LogP contribution in [-0.2, 0) is 6.54 Å². The largest absolute Gasteiger partial charge is 0.343 e. The lowest BCUT2D eigenvalue weighted by molar-refractivity contribution is 0.407. The number of rotatable bonds is 2. The Kier molecular flexibility index (Phi) is 2.40. The molecule has 0 amide bonds. The van der Waals surface area contributed by atoms with Gasteiger partial charge in [0.25, 0.3) is 5.56 Å². The summed E-state index contributed by atoms with van der Waals surface area (Å²) in [5.41, 5.74) is -0.176. The van der Waals surface area contributed by atoms with Gasteiger partial charge in [0.05, 0.1) is 12.9 Å². The molecule has 14 heavy (non-hydrogen) atoms. The van der Waals surface area contributed by atoms with Gasteiger partial charge in [-0.3, -0.25) is 9.36 Å². The predicted octanol–water partition coefficient (Wildman–Crippen LogP) is 0.437. The minimum Gasteiger partial charge on any atom is -0.343 e. The molecule has 2 aromatic heterocycles. The lowest BCUT2D eigenvalue weighted by Gasteiger charge is -2.00. The number of hydrogen-bond acceptors (Lipinski definition) is 5. The van der Waals surface area contributed by atoms with Crippen LogP contribution in [0.4, 0.5) is 0 Å². The summed E-state index contributed by atoms with van der Waals surface area (Å²) < 4.78 is 6.34. The summed E-state index contributed by atoms with van der Waals surface area (Å²) in [5.74, 6) is 0.437. The second kappa shape index (κ2) is 3.70. The minimum absolute atomic E-state index is 0.176. The Morgan fingerprint density at radius 1 is 1.57 bits per heavy atom. The van der Waals surface area contributed by atoms with Gasteiger partial charge in [0.1, 0.15) is 4.47 Å². The fraction of sp³-hybridized carbons (Fsp3) is 0.143. The molecule has 0 aliphatic heterocycles. The summed E-state index contributed by atoms with van der Waals surface area (Å²) in [6.07, 6.45) is 4.07. The average Bonchev–Trinajstić information content (AvgIpc) is 2.66. The zero-order valence-corrected chi connectivity index (χ0v) is 8.51. The van der Waals surface area contributed by atoms with Crippen LogP contribution in [0.3, 0.4) is 0 Å². The summed E-state index contributed by atoms with van der Waals surface area (Å²) in [6.45, 7) is 0.252. The normalized spacial score (nSPS) is 10.4. The Hall–Kier alpha value is -1.50. The molecule has 0 fully saturated rings. The van der Waals surface area contributed by atoms with Crippen molar-refractivity contribution >= 4 is 15.9 Å². The Balaban J connectivity index is 2.34. The molecular formula is C7H5BrN4O2. The van der Waals surface area contributed by atoms with E-state index in [1.54, 1.807) is 0 Å². The Morgan fingerprint density at radius 3 is 3.14 bits per heavy atom. The van der Waals surface area contributed by atoms with Crippen LogP contribution in [-0.4, -0.2) is 19.7 Å². The first kappa shape index (κ1) is 9.07. The van der Waals surface area contributed by atoms with Gasteiger partial charge in [0, 0.05) is 6.20 Å². The zero-order chi connectivity index (χ0) is 9.97. The maximum Gasteiger partial charge on any atom is 0.268 e. The molecule has 0 aliphatic rings. The zero-order valence-electron chi connectivity index (χ0n) is 6.92. The monoisotopic (exact) mass is 256 g/mol. The topological polar surface area (TPSA) is 73.8 Å². The van der Waals surface area contributed by atoms with Gasteiger partial charge in [-0.15, -0.1) is 0 Å². The van der Waals surface area contributed by atoms with Gasteiger partial charge in [0.15, 0.2) is 5.82 Å². The molecular weight excluding hydrogens is 252 g/mol. The molecule has 0 atom stereocenters. The minimum atomic E-state index is -0.176. The average molecular weight is 257 g/mol. The highest BCUT2D eigenvalue weighted by atomic mass is 79.9. The summed E-state index contributed by atoms with van der Waals surface area (Å²) in [6, 6.07) is 0. The van der Waals surface area contributed by atoms with E-state index in [-0.39, 0.29) is 12.1 Å². The molecule has 0 aliphatic carbocycles. The number of nitrogens with zero attached hydrogens (tertiary/aromatic N) is 4. The van der Waals surface area contributed by atoms with Crippen LogP contribution in [0.5, 0.6) is 0 Å². The molecule has 2 rings (SSSR count). The third-order valence-electron chi connectivity index (χ3n) is 1.58. The fourth-order valence-corrected chi connectivity index (χ4v) is 1.30. The smallest absolute Gasteiger partial charge is 0.268 e. The van der Waals surface area contributed by atoms with E-state index in [0.29, 0.717) is 10.3 Å². The van der Waals surface area contributed by atoms with Gasteiger partial charge in [0.2, 0.25) is 6.39 Å². The van der Waals surface area contributed by atoms with Crippen LogP contribution in [0, 0.1) is 0 Å². The van der Waals surface area contributed by atoms with E-state index in [1.165, 1.54) is 23.5 Å². The van der Waals surface area contributed by atoms with E-state index in [4.69, 9.17) is 0 Å². The summed E-state index contributed by atoms with van der Waals surface area (Å²) in [5, 5.41) is 3.59. The highest BCUT2D eigenvalue weighted by Gasteiger charge is 2.04. The van der Waals surface area contributed by atoms with Crippen LogP contribution in [0.25, 0.3) is 0 Å². The van der Waals surface area contributed by atoms with Crippen LogP contribution in [0.15, 0.2) is 32.7 Å². The molecule has 7 heteroatoms. The first-order valence-corrected chi connectivity index (χ1v) is 4.52. The SMILES string of the molecule is O=c1c(Br)cncn1Cc1ncon1. The van der Waals surface area contributed by atoms with Crippen LogP contribution >= 0.6 is 15.9 Å². The van der Waals surface area contributed by atoms with Crippen molar-refractivity contribution in [1.82, 2.24) is 19.7 Å². The van der Waals surface area contributed by atoms with E-state index < -0.39 is 0 Å². The molecule has 72 valence electrons. The summed E-state index contributed by atoms with van der Waals surface area (Å²) in [7, 11) is 0. The van der Waals surface area contributed by atoms with Gasteiger partial charge >= 0.3 is 0 Å². The van der Waals surface area contributed by atoms with Crippen molar-refractivity contribution in [2.45, 2.75) is 6.54 Å². The molecule has 0 radical (unpaired) electrons. The number of halogens is 1. The second-order valence-corrected chi connectivity index (χ2v) is 3.38. The van der Waals surface area contributed by atoms with Crippen molar-refractivity contribution in [3.63, 3.8) is 0 Å². The number of hydrogen-bond donors (Lipinski definition) is 0. The van der Waals surface area contributed by atoms with E-state index >= 15 is 0 Å². The third kappa shape index (κ3) is 1.72. The van der Waals surface area contributed by atoms with Crippen molar-refractivity contribution in [2.75, 3.05) is 0 Å². The molecule has 2 aromatic rings. The first-order valence-electron chi connectivity index (χ1n) is 3.72. The predicted molar refractivity (Wildman–Crippen MR) is 49.6 cm³/mol. The van der Waals surface area contributed by atoms with Crippen molar-refractivity contribution in [3.8, 4) is 0 Å². The Morgan fingerprint density at radius 2 is 2.43 bits per heavy atom. The molecule has 0 unspecified atom stereocenters. The van der Waals surface area contributed by atoms with E-state index in [9.17, 15) is 4.79 Å². The molecule has 0 aromatic carbocycles. The Labute approximate surface area is 86.7 Å². The van der Waals surface area contributed by atoms with Crippen molar-refractivity contribution in [3.05, 3.63) is 39.6 Å². The van der Waals surface area contributed by atoms with Crippen LogP contribution < -0.4 is 5.56 Å². The lowest BCUT2D eigenvalue weighted by atomic mass is 10.5. The third-order valence-corrected chi connectivity index (χ3v) is 2.12. The van der Waals surface area contributed by atoms with Gasteiger partial charge in [-0.2, -0.15) is 4.98 Å². The summed E-state index contributed by atoms with van der Waals surface area (Å²) in [4.78, 5) is 19.1. The highest BCUT2D eigenvalue weighted by molar-refractivity contribution is 9.10. The van der Waals surface area contributed by atoms with Crippen molar-refractivity contribution < 1.29 is 4.52 Å². The molecule has 6 nitrogen and oxygen atoms in total. The molecule has 0 bridgehead atoms. The van der Waals surface area contributed by atoms with Crippen LogP contribution in [0.2, 0.25) is 0 Å². The van der Waals surface area contributed by atoms with Gasteiger partial charge in [-0.1, -0.05) is 5.16 Å². The quantitative estimate of drug-likeness (QED) is 0.780. The van der Waals surface area contributed by atoms with Gasteiger partial charge in [-0.25, -0.2) is 4.98 Å². The maximum absolute atomic E-state index is 11.5. The van der Waals surface area contributed by atoms with Gasteiger partial charge in [-0.05, 0) is 15.9 Å². The van der Waals surface area contributed by atoms with E-state index in [1.807, 2.05) is 0 Å². The molecule has 0 saturated carbocycles. The van der Waals surface area contributed by atoms with Gasteiger partial charge < -0.3 is 4.52 Å². The van der Waals surface area contributed by atoms with Crippen LogP contribution in [0.1, 0.15) is 5.82 Å². The maximum atomic E-state index is 11.5. The highest BCUT2D eigenvalue weighted by Crippen LogP contribution is 1.99. The fourth-order valence-electron chi connectivity index (χ4n) is 0.951. The van der Waals surface area contributed by atoms with E-state index in [2.05, 4.69) is 35.6 Å². The molecule has 0 N–H and O–H groups in total. The van der Waals surface area contributed by atoms with Crippen molar-refractivity contribution in [1.29, 1.82) is 0 Å². The molecule has 0 saturated heterocycles. The summed E-state index contributed by atoms with van der Waals surface area (Å²) >= 11 is 3.09. The first-order chi connectivity index (χ1) is 6.77.